The second-order valence-corrected chi connectivity index (χ2v) is 7.73. The topological polar surface area (TPSA) is 49.9 Å². The molecule has 3 rings (SSSR count). The Morgan fingerprint density at radius 3 is 2.38 bits per heavy atom. The minimum Gasteiger partial charge on any atom is -0.380 e. The van der Waals surface area contributed by atoms with Crippen LogP contribution in [0.1, 0.15) is 48.5 Å². The van der Waals surface area contributed by atoms with E-state index in [-0.39, 0.29) is 17.7 Å². The van der Waals surface area contributed by atoms with E-state index in [0.29, 0.717) is 24.6 Å². The molecule has 1 aromatic rings. The summed E-state index contributed by atoms with van der Waals surface area (Å²) in [5.41, 5.74) is 1.74. The van der Waals surface area contributed by atoms with Gasteiger partial charge in [-0.05, 0) is 49.3 Å². The highest BCUT2D eigenvalue weighted by atomic mass is 16.5. The Bertz CT molecular complexity index is 621. The summed E-state index contributed by atoms with van der Waals surface area (Å²) < 4.78 is 5.11. The monoisotopic (exact) mass is 358 g/mol. The SMILES string of the molecule is COCc1ccc(C(=O)N2CCCC(C(=O)N3CCC(C)CC3)C2)cc1. The van der Waals surface area contributed by atoms with Gasteiger partial charge < -0.3 is 14.5 Å². The first-order valence-electron chi connectivity index (χ1n) is 9.74. The summed E-state index contributed by atoms with van der Waals surface area (Å²) in [4.78, 5) is 29.5. The van der Waals surface area contributed by atoms with E-state index in [4.69, 9.17) is 4.74 Å². The van der Waals surface area contributed by atoms with Gasteiger partial charge >= 0.3 is 0 Å². The van der Waals surface area contributed by atoms with Gasteiger partial charge in [-0.2, -0.15) is 0 Å². The van der Waals surface area contributed by atoms with Gasteiger partial charge in [-0.3, -0.25) is 9.59 Å². The number of piperidine rings is 2. The quantitative estimate of drug-likeness (QED) is 0.831. The number of amides is 2. The van der Waals surface area contributed by atoms with E-state index >= 15 is 0 Å². The van der Waals surface area contributed by atoms with Gasteiger partial charge in [0, 0.05) is 38.9 Å². The molecule has 0 saturated carbocycles. The Morgan fingerprint density at radius 2 is 1.73 bits per heavy atom. The lowest BCUT2D eigenvalue weighted by Gasteiger charge is -2.37. The van der Waals surface area contributed by atoms with E-state index in [1.165, 1.54) is 0 Å². The van der Waals surface area contributed by atoms with Crippen LogP contribution in [0.4, 0.5) is 0 Å². The Kier molecular flexibility index (Phi) is 6.30. The molecule has 1 atom stereocenters. The van der Waals surface area contributed by atoms with Crippen LogP contribution in [0.3, 0.4) is 0 Å². The van der Waals surface area contributed by atoms with E-state index in [2.05, 4.69) is 6.92 Å². The summed E-state index contributed by atoms with van der Waals surface area (Å²) in [6, 6.07) is 7.57. The van der Waals surface area contributed by atoms with Crippen LogP contribution in [0.15, 0.2) is 24.3 Å². The molecule has 1 unspecified atom stereocenters. The summed E-state index contributed by atoms with van der Waals surface area (Å²) in [6.45, 7) is 5.81. The molecule has 2 heterocycles. The third-order valence-corrected chi connectivity index (χ3v) is 5.67. The molecule has 2 amide bonds. The fraction of sp³-hybridized carbons (Fsp3) is 0.619. The third-order valence-electron chi connectivity index (χ3n) is 5.67. The second kappa shape index (κ2) is 8.67. The highest BCUT2D eigenvalue weighted by Crippen LogP contribution is 2.24. The predicted molar refractivity (Wildman–Crippen MR) is 101 cm³/mol. The van der Waals surface area contributed by atoms with E-state index in [1.54, 1.807) is 7.11 Å². The van der Waals surface area contributed by atoms with Crippen LogP contribution < -0.4 is 0 Å². The first-order chi connectivity index (χ1) is 12.6. The normalized spacial score (nSPS) is 21.7. The van der Waals surface area contributed by atoms with Crippen molar-refractivity contribution in [2.45, 2.75) is 39.2 Å². The first-order valence-corrected chi connectivity index (χ1v) is 9.74. The number of nitrogens with zero attached hydrogens (tertiary/aromatic N) is 2. The number of carbonyl (C=O) groups excluding carboxylic acids is 2. The second-order valence-electron chi connectivity index (χ2n) is 7.73. The van der Waals surface area contributed by atoms with Crippen LogP contribution in [-0.2, 0) is 16.1 Å². The fourth-order valence-electron chi connectivity index (χ4n) is 3.94. The van der Waals surface area contributed by atoms with Gasteiger partial charge in [0.2, 0.25) is 5.91 Å². The van der Waals surface area contributed by atoms with E-state index in [1.807, 2.05) is 34.1 Å². The molecule has 0 radical (unpaired) electrons. The Balaban J connectivity index is 1.60. The van der Waals surface area contributed by atoms with Crippen LogP contribution in [0.2, 0.25) is 0 Å². The lowest BCUT2D eigenvalue weighted by molar-refractivity contribution is -0.138. The zero-order valence-electron chi connectivity index (χ0n) is 15.9. The molecule has 2 aliphatic rings. The van der Waals surface area contributed by atoms with E-state index in [0.717, 1.165) is 50.9 Å². The number of rotatable bonds is 4. The summed E-state index contributed by atoms with van der Waals surface area (Å²) in [6.07, 6.45) is 3.97. The molecule has 26 heavy (non-hydrogen) atoms. The Morgan fingerprint density at radius 1 is 1.04 bits per heavy atom. The van der Waals surface area contributed by atoms with E-state index < -0.39 is 0 Å². The lowest BCUT2D eigenvalue weighted by atomic mass is 9.93. The van der Waals surface area contributed by atoms with Crippen molar-refractivity contribution in [3.8, 4) is 0 Å². The van der Waals surface area contributed by atoms with Crippen molar-refractivity contribution in [2.24, 2.45) is 11.8 Å². The van der Waals surface area contributed by atoms with Crippen molar-refractivity contribution in [3.63, 3.8) is 0 Å². The van der Waals surface area contributed by atoms with Gasteiger partial charge in [0.25, 0.3) is 5.91 Å². The number of likely N-dealkylation sites (tertiary alicyclic amines) is 2. The van der Waals surface area contributed by atoms with Crippen LogP contribution in [0.5, 0.6) is 0 Å². The number of hydrogen-bond acceptors (Lipinski definition) is 3. The molecule has 2 aliphatic heterocycles. The largest absolute Gasteiger partial charge is 0.380 e. The Hall–Kier alpha value is -1.88. The highest BCUT2D eigenvalue weighted by Gasteiger charge is 2.32. The van der Waals surface area contributed by atoms with Crippen molar-refractivity contribution >= 4 is 11.8 Å². The average Bonchev–Trinajstić information content (AvgIpc) is 2.68. The summed E-state index contributed by atoms with van der Waals surface area (Å²) in [7, 11) is 1.66. The minimum atomic E-state index is -0.0473. The molecule has 5 heteroatoms. The van der Waals surface area contributed by atoms with Crippen LogP contribution >= 0.6 is 0 Å². The van der Waals surface area contributed by atoms with Gasteiger partial charge in [-0.25, -0.2) is 0 Å². The molecule has 2 saturated heterocycles. The summed E-state index contributed by atoms with van der Waals surface area (Å²) in [5.74, 6) is 0.932. The zero-order valence-corrected chi connectivity index (χ0v) is 15.9. The standard InChI is InChI=1S/C21H30N2O3/c1-16-9-12-22(13-10-16)21(25)19-4-3-11-23(14-19)20(24)18-7-5-17(6-8-18)15-26-2/h5-8,16,19H,3-4,9-15H2,1-2H3. The maximum atomic E-state index is 12.9. The molecule has 0 bridgehead atoms. The molecule has 0 aliphatic carbocycles. The molecule has 5 nitrogen and oxygen atoms in total. The highest BCUT2D eigenvalue weighted by molar-refractivity contribution is 5.94. The molecule has 0 aromatic heterocycles. The van der Waals surface area contributed by atoms with Crippen molar-refractivity contribution in [1.82, 2.24) is 9.80 Å². The van der Waals surface area contributed by atoms with Gasteiger partial charge in [0.15, 0.2) is 0 Å². The number of carbonyl (C=O) groups is 2. The first kappa shape index (κ1) is 18.9. The molecular weight excluding hydrogens is 328 g/mol. The van der Waals surface area contributed by atoms with Gasteiger partial charge in [0.05, 0.1) is 12.5 Å². The molecule has 1 aromatic carbocycles. The Labute approximate surface area is 156 Å². The smallest absolute Gasteiger partial charge is 0.253 e. The van der Waals surface area contributed by atoms with Gasteiger partial charge in [-0.1, -0.05) is 19.1 Å². The van der Waals surface area contributed by atoms with Crippen molar-refractivity contribution in [2.75, 3.05) is 33.3 Å². The van der Waals surface area contributed by atoms with Crippen molar-refractivity contribution in [3.05, 3.63) is 35.4 Å². The molecule has 0 spiro atoms. The molecule has 0 N–H and O–H groups in total. The predicted octanol–water partition coefficient (Wildman–Crippen LogP) is 2.94. The van der Waals surface area contributed by atoms with Crippen LogP contribution in [0.25, 0.3) is 0 Å². The lowest BCUT2D eigenvalue weighted by Crippen LogP contribution is -2.48. The fourth-order valence-corrected chi connectivity index (χ4v) is 3.94. The zero-order chi connectivity index (χ0) is 18.5. The number of hydrogen-bond donors (Lipinski definition) is 0. The van der Waals surface area contributed by atoms with Crippen LogP contribution in [0, 0.1) is 11.8 Å². The van der Waals surface area contributed by atoms with Crippen LogP contribution in [-0.4, -0.2) is 54.9 Å². The maximum absolute atomic E-state index is 12.9. The van der Waals surface area contributed by atoms with E-state index in [9.17, 15) is 9.59 Å². The van der Waals surface area contributed by atoms with Gasteiger partial charge in [0.1, 0.15) is 0 Å². The maximum Gasteiger partial charge on any atom is 0.253 e. The number of ether oxygens (including phenoxy) is 1. The molecular formula is C21H30N2O3. The average molecular weight is 358 g/mol. The van der Waals surface area contributed by atoms with Crippen molar-refractivity contribution in [1.29, 1.82) is 0 Å². The number of benzene rings is 1. The molecule has 2 fully saturated rings. The summed E-state index contributed by atoms with van der Waals surface area (Å²) in [5, 5.41) is 0. The van der Waals surface area contributed by atoms with Crippen molar-refractivity contribution < 1.29 is 14.3 Å². The number of methoxy groups -OCH3 is 1. The third kappa shape index (κ3) is 4.44. The minimum absolute atomic E-state index is 0.0266. The van der Waals surface area contributed by atoms with Gasteiger partial charge in [-0.15, -0.1) is 0 Å². The molecule has 142 valence electrons. The summed E-state index contributed by atoms with van der Waals surface area (Å²) >= 11 is 0.